The fraction of sp³-hybridized carbons (Fsp3) is 0.0909. The van der Waals surface area contributed by atoms with Crippen molar-refractivity contribution in [2.75, 3.05) is 7.05 Å². The van der Waals surface area contributed by atoms with Gasteiger partial charge >= 0.3 is 0 Å². The number of nitrogens with zero attached hydrogens (tertiary/aromatic N) is 3. The van der Waals surface area contributed by atoms with Gasteiger partial charge in [0.05, 0.1) is 11.9 Å². The molecule has 0 saturated heterocycles. The zero-order chi connectivity index (χ0) is 10.7. The third-order valence-corrected chi connectivity index (χ3v) is 2.28. The Hall–Kier alpha value is -1.61. The largest absolute Gasteiger partial charge is 0.301 e. The molecule has 0 N–H and O–H groups in total. The normalized spacial score (nSPS) is 11.7. The molecule has 0 aliphatic heterocycles. The van der Waals surface area contributed by atoms with E-state index < -0.39 is 0 Å². The van der Waals surface area contributed by atoms with Gasteiger partial charge in [0.1, 0.15) is 10.6 Å². The van der Waals surface area contributed by atoms with E-state index in [-0.39, 0.29) is 0 Å². The lowest BCUT2D eigenvalue weighted by molar-refractivity contribution is 0.931. The van der Waals surface area contributed by atoms with E-state index in [9.17, 15) is 0 Å². The number of pyridine rings is 2. The molecule has 0 atom stereocenters. The Bertz CT molecular complexity index is 514. The Labute approximate surface area is 92.7 Å². The van der Waals surface area contributed by atoms with Crippen LogP contribution in [-0.2, 0) is 0 Å². The molecule has 2 rings (SSSR count). The lowest BCUT2D eigenvalue weighted by Gasteiger charge is -2.05. The van der Waals surface area contributed by atoms with Crippen LogP contribution in [0, 0.1) is 0 Å². The first-order valence-corrected chi connectivity index (χ1v) is 4.91. The third-order valence-electron chi connectivity index (χ3n) is 2.06. The summed E-state index contributed by atoms with van der Waals surface area (Å²) < 4.78 is 1.95. The average Bonchev–Trinajstić information content (AvgIpc) is 2.30. The molecular weight excluding hydrogens is 210 g/mol. The van der Waals surface area contributed by atoms with E-state index in [0.29, 0.717) is 5.15 Å². The Kier molecular flexibility index (Phi) is 2.83. The van der Waals surface area contributed by atoms with E-state index in [4.69, 9.17) is 11.6 Å². The van der Waals surface area contributed by atoms with E-state index in [0.717, 1.165) is 11.2 Å². The topological polar surface area (TPSA) is 30.2 Å². The number of rotatable bonds is 1. The summed E-state index contributed by atoms with van der Waals surface area (Å²) in [6.07, 6.45) is 3.66. The van der Waals surface area contributed by atoms with E-state index in [1.807, 2.05) is 35.0 Å². The van der Waals surface area contributed by atoms with Crippen LogP contribution in [-0.4, -0.2) is 16.6 Å². The minimum Gasteiger partial charge on any atom is -0.301 e. The summed E-state index contributed by atoms with van der Waals surface area (Å²) in [6.45, 7) is 0. The van der Waals surface area contributed by atoms with Gasteiger partial charge in [0, 0.05) is 13.2 Å². The van der Waals surface area contributed by atoms with Crippen LogP contribution in [0.25, 0.3) is 5.69 Å². The minimum atomic E-state index is 0.491. The van der Waals surface area contributed by atoms with Crippen molar-refractivity contribution in [3.8, 4) is 5.69 Å². The summed E-state index contributed by atoms with van der Waals surface area (Å²) in [5.74, 6) is 0. The van der Waals surface area contributed by atoms with Crippen LogP contribution in [0.5, 0.6) is 0 Å². The molecule has 0 fully saturated rings. The summed E-state index contributed by atoms with van der Waals surface area (Å²) in [5.41, 5.74) is 1.82. The maximum atomic E-state index is 5.73. The monoisotopic (exact) mass is 219 g/mol. The summed E-state index contributed by atoms with van der Waals surface area (Å²) in [7, 11) is 1.76. The molecular formula is C11H10ClN3. The molecule has 0 bridgehead atoms. The quantitative estimate of drug-likeness (QED) is 0.676. The highest BCUT2D eigenvalue weighted by Gasteiger charge is 1.96. The molecule has 2 heterocycles. The SMILES string of the molecule is CN=c1ccccn1-c1ccc(Cl)nc1. The lowest BCUT2D eigenvalue weighted by atomic mass is 10.4. The number of aromatic nitrogens is 2. The van der Waals surface area contributed by atoms with Gasteiger partial charge in [-0.2, -0.15) is 0 Å². The number of halogens is 1. The second-order valence-corrected chi connectivity index (χ2v) is 3.38. The summed E-state index contributed by atoms with van der Waals surface area (Å²) in [6, 6.07) is 9.50. The van der Waals surface area contributed by atoms with E-state index in [1.165, 1.54) is 0 Å². The van der Waals surface area contributed by atoms with Crippen molar-refractivity contribution in [1.82, 2.24) is 9.55 Å². The molecule has 15 heavy (non-hydrogen) atoms. The zero-order valence-corrected chi connectivity index (χ0v) is 9.02. The number of hydrogen-bond donors (Lipinski definition) is 0. The van der Waals surface area contributed by atoms with Gasteiger partial charge in [-0.15, -0.1) is 0 Å². The van der Waals surface area contributed by atoms with Crippen molar-refractivity contribution >= 4 is 11.6 Å². The summed E-state index contributed by atoms with van der Waals surface area (Å²) in [5, 5.41) is 0.491. The standard InChI is InChI=1S/C11H10ClN3/c1-13-11-4-2-3-7-15(11)9-5-6-10(12)14-8-9/h2-8H,1H3. The van der Waals surface area contributed by atoms with Crippen molar-refractivity contribution in [2.24, 2.45) is 4.99 Å². The van der Waals surface area contributed by atoms with Gasteiger partial charge in [-0.05, 0) is 24.3 Å². The Morgan fingerprint density at radius 1 is 1.27 bits per heavy atom. The second kappa shape index (κ2) is 4.28. The molecule has 4 heteroatoms. The summed E-state index contributed by atoms with van der Waals surface area (Å²) >= 11 is 5.73. The highest BCUT2D eigenvalue weighted by Crippen LogP contribution is 2.07. The molecule has 0 aliphatic rings. The number of hydrogen-bond acceptors (Lipinski definition) is 2. The predicted molar refractivity (Wildman–Crippen MR) is 60.1 cm³/mol. The minimum absolute atomic E-state index is 0.491. The molecule has 76 valence electrons. The fourth-order valence-corrected chi connectivity index (χ4v) is 1.46. The predicted octanol–water partition coefficient (Wildman–Crippen LogP) is 2.06. The molecule has 2 aromatic rings. The molecule has 0 saturated carbocycles. The van der Waals surface area contributed by atoms with Crippen molar-refractivity contribution in [3.63, 3.8) is 0 Å². The van der Waals surface area contributed by atoms with Crippen LogP contribution in [0.1, 0.15) is 0 Å². The van der Waals surface area contributed by atoms with Crippen LogP contribution in [0.4, 0.5) is 0 Å². The molecule has 0 radical (unpaired) electrons. The lowest BCUT2D eigenvalue weighted by Crippen LogP contribution is -2.17. The van der Waals surface area contributed by atoms with Gasteiger partial charge in [-0.3, -0.25) is 4.99 Å². The van der Waals surface area contributed by atoms with Gasteiger partial charge in [0.25, 0.3) is 0 Å². The van der Waals surface area contributed by atoms with Crippen LogP contribution in [0.3, 0.4) is 0 Å². The van der Waals surface area contributed by atoms with Crippen molar-refractivity contribution in [3.05, 3.63) is 53.4 Å². The first-order chi connectivity index (χ1) is 7.31. The average molecular weight is 220 g/mol. The van der Waals surface area contributed by atoms with Crippen LogP contribution < -0.4 is 5.49 Å². The third kappa shape index (κ3) is 2.07. The maximum Gasteiger partial charge on any atom is 0.131 e. The molecule has 2 aromatic heterocycles. The van der Waals surface area contributed by atoms with Gasteiger partial charge in [-0.25, -0.2) is 4.98 Å². The second-order valence-electron chi connectivity index (χ2n) is 2.99. The first-order valence-electron chi connectivity index (χ1n) is 4.54. The van der Waals surface area contributed by atoms with Crippen molar-refractivity contribution < 1.29 is 0 Å². The highest BCUT2D eigenvalue weighted by molar-refractivity contribution is 6.29. The van der Waals surface area contributed by atoms with E-state index in [2.05, 4.69) is 9.98 Å². The van der Waals surface area contributed by atoms with Crippen molar-refractivity contribution in [2.45, 2.75) is 0 Å². The maximum absolute atomic E-state index is 5.73. The molecule has 0 amide bonds. The Balaban J connectivity index is 2.59. The smallest absolute Gasteiger partial charge is 0.131 e. The Morgan fingerprint density at radius 3 is 2.80 bits per heavy atom. The van der Waals surface area contributed by atoms with Crippen LogP contribution >= 0.6 is 11.6 Å². The van der Waals surface area contributed by atoms with Crippen LogP contribution in [0.2, 0.25) is 5.15 Å². The van der Waals surface area contributed by atoms with Gasteiger partial charge in [-0.1, -0.05) is 17.7 Å². The van der Waals surface area contributed by atoms with Gasteiger partial charge < -0.3 is 4.57 Å². The molecule has 3 nitrogen and oxygen atoms in total. The fourth-order valence-electron chi connectivity index (χ4n) is 1.35. The molecule has 0 aliphatic carbocycles. The van der Waals surface area contributed by atoms with Crippen LogP contribution in [0.15, 0.2) is 47.7 Å². The zero-order valence-electron chi connectivity index (χ0n) is 8.26. The first kappa shape index (κ1) is 9.93. The summed E-state index contributed by atoms with van der Waals surface area (Å²) in [4.78, 5) is 8.21. The van der Waals surface area contributed by atoms with Crippen molar-refractivity contribution in [1.29, 1.82) is 0 Å². The molecule has 0 spiro atoms. The Morgan fingerprint density at radius 2 is 2.13 bits per heavy atom. The highest BCUT2D eigenvalue weighted by atomic mass is 35.5. The molecule has 0 unspecified atom stereocenters. The molecule has 0 aromatic carbocycles. The van der Waals surface area contributed by atoms with Gasteiger partial charge in [0.15, 0.2) is 0 Å². The van der Waals surface area contributed by atoms with E-state index in [1.54, 1.807) is 19.3 Å². The van der Waals surface area contributed by atoms with Gasteiger partial charge in [0.2, 0.25) is 0 Å². The van der Waals surface area contributed by atoms with E-state index >= 15 is 0 Å².